The maximum Gasteiger partial charge on any atom is 0.251 e. The summed E-state index contributed by atoms with van der Waals surface area (Å²) < 4.78 is 10.7. The molecule has 0 saturated heterocycles. The molecule has 0 atom stereocenters. The molecule has 0 unspecified atom stereocenters. The second-order valence-electron chi connectivity index (χ2n) is 3.88. The van der Waals surface area contributed by atoms with Gasteiger partial charge in [0.25, 0.3) is 5.91 Å². The Hall–Kier alpha value is -1.46. The summed E-state index contributed by atoms with van der Waals surface area (Å²) in [6.45, 7) is 3.32. The molecular weight excluding hydrogens is 268 g/mol. The molecule has 0 aliphatic carbocycles. The van der Waals surface area contributed by atoms with Gasteiger partial charge in [0.05, 0.1) is 18.7 Å². The fourth-order valence-corrected chi connectivity index (χ4v) is 1.75. The van der Waals surface area contributed by atoms with Gasteiger partial charge in [-0.25, -0.2) is 0 Å². The van der Waals surface area contributed by atoms with Crippen molar-refractivity contribution in [3.8, 4) is 11.5 Å². The van der Waals surface area contributed by atoms with E-state index in [2.05, 4.69) is 5.32 Å². The molecule has 1 aromatic rings. The van der Waals surface area contributed by atoms with Crippen LogP contribution in [0.15, 0.2) is 12.1 Å². The number of nitrogens with one attached hydrogen (secondary N) is 1. The average molecular weight is 287 g/mol. The largest absolute Gasteiger partial charge is 0.493 e. The molecule has 1 amide bonds. The third-order valence-electron chi connectivity index (χ3n) is 2.37. The van der Waals surface area contributed by atoms with E-state index in [0.717, 1.165) is 6.42 Å². The lowest BCUT2D eigenvalue weighted by Crippen LogP contribution is -2.29. The topological polar surface area (TPSA) is 73.6 Å². The molecule has 1 rings (SSSR count). The van der Waals surface area contributed by atoms with Crippen LogP contribution in [-0.2, 0) is 0 Å². The van der Waals surface area contributed by atoms with E-state index in [1.54, 1.807) is 12.1 Å². The van der Waals surface area contributed by atoms with Crippen LogP contribution in [0.5, 0.6) is 11.5 Å². The van der Waals surface area contributed by atoms with Crippen LogP contribution in [0, 0.1) is 0 Å². The second kappa shape index (κ2) is 7.86. The summed E-state index contributed by atoms with van der Waals surface area (Å²) in [4.78, 5) is 11.8. The quantitative estimate of drug-likeness (QED) is 0.802. The van der Waals surface area contributed by atoms with Crippen molar-refractivity contribution in [2.45, 2.75) is 13.3 Å². The lowest BCUT2D eigenvalue weighted by molar-refractivity contribution is 0.0954. The first-order valence-electron chi connectivity index (χ1n) is 6.12. The number of methoxy groups -OCH3 is 1. The maximum atomic E-state index is 11.8. The molecule has 106 valence electrons. The molecule has 0 aliphatic heterocycles. The van der Waals surface area contributed by atoms with Crippen molar-refractivity contribution in [1.29, 1.82) is 0 Å². The van der Waals surface area contributed by atoms with E-state index in [1.807, 2.05) is 6.92 Å². The van der Waals surface area contributed by atoms with Gasteiger partial charge in [-0.2, -0.15) is 0 Å². The molecule has 3 N–H and O–H groups in total. The molecule has 1 aromatic carbocycles. The Balaban J connectivity index is 2.98. The summed E-state index contributed by atoms with van der Waals surface area (Å²) >= 11 is 6.12. The van der Waals surface area contributed by atoms with Gasteiger partial charge in [-0.15, -0.1) is 0 Å². The zero-order valence-corrected chi connectivity index (χ0v) is 11.9. The summed E-state index contributed by atoms with van der Waals surface area (Å²) in [6.07, 6.45) is 0.859. The number of nitrogens with two attached hydrogens (primary N) is 1. The predicted octanol–water partition coefficient (Wildman–Crippen LogP) is 1.83. The van der Waals surface area contributed by atoms with Crippen molar-refractivity contribution in [3.63, 3.8) is 0 Å². The van der Waals surface area contributed by atoms with Crippen molar-refractivity contribution in [2.75, 3.05) is 26.8 Å². The smallest absolute Gasteiger partial charge is 0.251 e. The fraction of sp³-hybridized carbons (Fsp3) is 0.462. The monoisotopic (exact) mass is 286 g/mol. The highest BCUT2D eigenvalue weighted by molar-refractivity contribution is 6.32. The molecule has 0 saturated carbocycles. The highest BCUT2D eigenvalue weighted by Crippen LogP contribution is 2.36. The number of carbonyl (C=O) groups is 1. The molecule has 19 heavy (non-hydrogen) atoms. The van der Waals surface area contributed by atoms with E-state index in [4.69, 9.17) is 26.8 Å². The van der Waals surface area contributed by atoms with Crippen LogP contribution in [0.1, 0.15) is 23.7 Å². The van der Waals surface area contributed by atoms with Crippen LogP contribution in [0.2, 0.25) is 5.02 Å². The molecule has 0 aliphatic rings. The Labute approximate surface area is 118 Å². The summed E-state index contributed by atoms with van der Waals surface area (Å²) in [6, 6.07) is 3.16. The first kappa shape index (κ1) is 15.6. The van der Waals surface area contributed by atoms with Gasteiger partial charge in [0.1, 0.15) is 0 Å². The van der Waals surface area contributed by atoms with Crippen LogP contribution in [0.4, 0.5) is 0 Å². The van der Waals surface area contributed by atoms with Gasteiger partial charge in [-0.05, 0) is 18.6 Å². The van der Waals surface area contributed by atoms with Crippen LogP contribution >= 0.6 is 11.6 Å². The van der Waals surface area contributed by atoms with Crippen LogP contribution in [-0.4, -0.2) is 32.7 Å². The minimum Gasteiger partial charge on any atom is -0.493 e. The molecule has 0 radical (unpaired) electrons. The standard InChI is InChI=1S/C13H19ClN2O3/c1-3-6-19-12-10(14)7-9(8-11(12)18-2)13(17)16-5-4-15/h7-8H,3-6,15H2,1-2H3,(H,16,17). The minimum absolute atomic E-state index is 0.243. The third-order valence-corrected chi connectivity index (χ3v) is 2.65. The second-order valence-corrected chi connectivity index (χ2v) is 4.29. The first-order chi connectivity index (χ1) is 9.13. The fourth-order valence-electron chi connectivity index (χ4n) is 1.48. The Morgan fingerprint density at radius 2 is 2.21 bits per heavy atom. The molecule has 0 heterocycles. The zero-order chi connectivity index (χ0) is 14.3. The average Bonchev–Trinajstić information content (AvgIpc) is 2.42. The minimum atomic E-state index is -0.243. The van der Waals surface area contributed by atoms with Crippen LogP contribution in [0.3, 0.4) is 0 Å². The number of carbonyl (C=O) groups excluding carboxylic acids is 1. The van der Waals surface area contributed by atoms with Gasteiger partial charge in [0, 0.05) is 18.7 Å². The van der Waals surface area contributed by atoms with Crippen molar-refractivity contribution in [2.24, 2.45) is 5.73 Å². The van der Waals surface area contributed by atoms with E-state index >= 15 is 0 Å². The Morgan fingerprint density at radius 1 is 1.47 bits per heavy atom. The SMILES string of the molecule is CCCOc1c(Cl)cc(C(=O)NCCN)cc1OC. The molecule has 0 aromatic heterocycles. The molecule has 0 spiro atoms. The highest BCUT2D eigenvalue weighted by Gasteiger charge is 2.15. The molecule has 6 heteroatoms. The van der Waals surface area contributed by atoms with Crippen molar-refractivity contribution < 1.29 is 14.3 Å². The van der Waals surface area contributed by atoms with Gasteiger partial charge >= 0.3 is 0 Å². The molecule has 0 fully saturated rings. The number of rotatable bonds is 7. The Morgan fingerprint density at radius 3 is 2.79 bits per heavy atom. The normalized spacial score (nSPS) is 10.1. The van der Waals surface area contributed by atoms with E-state index in [-0.39, 0.29) is 5.91 Å². The van der Waals surface area contributed by atoms with Gasteiger partial charge < -0.3 is 20.5 Å². The maximum absolute atomic E-state index is 11.8. The van der Waals surface area contributed by atoms with E-state index in [1.165, 1.54) is 7.11 Å². The van der Waals surface area contributed by atoms with Gasteiger partial charge in [0.15, 0.2) is 11.5 Å². The lowest BCUT2D eigenvalue weighted by atomic mass is 10.2. The summed E-state index contributed by atoms with van der Waals surface area (Å²) in [5, 5.41) is 3.02. The van der Waals surface area contributed by atoms with Crippen LogP contribution in [0.25, 0.3) is 0 Å². The van der Waals surface area contributed by atoms with Gasteiger partial charge in [-0.1, -0.05) is 18.5 Å². The van der Waals surface area contributed by atoms with Crippen molar-refractivity contribution >= 4 is 17.5 Å². The summed E-state index contributed by atoms with van der Waals surface area (Å²) in [5.74, 6) is 0.660. The summed E-state index contributed by atoms with van der Waals surface area (Å²) in [5.41, 5.74) is 5.75. The van der Waals surface area contributed by atoms with E-state index < -0.39 is 0 Å². The number of halogens is 1. The van der Waals surface area contributed by atoms with Gasteiger partial charge in [-0.3, -0.25) is 4.79 Å². The Kier molecular flexibility index (Phi) is 6.45. The number of benzene rings is 1. The molecule has 0 bridgehead atoms. The van der Waals surface area contributed by atoms with Crippen LogP contribution < -0.4 is 20.5 Å². The van der Waals surface area contributed by atoms with Crippen molar-refractivity contribution in [3.05, 3.63) is 22.7 Å². The lowest BCUT2D eigenvalue weighted by Gasteiger charge is -2.13. The number of hydrogen-bond acceptors (Lipinski definition) is 4. The number of ether oxygens (including phenoxy) is 2. The number of hydrogen-bond donors (Lipinski definition) is 2. The Bertz CT molecular complexity index is 438. The van der Waals surface area contributed by atoms with Gasteiger partial charge in [0.2, 0.25) is 0 Å². The summed E-state index contributed by atoms with van der Waals surface area (Å²) in [7, 11) is 1.51. The molecular formula is C13H19ClN2O3. The highest BCUT2D eigenvalue weighted by atomic mass is 35.5. The number of amides is 1. The van der Waals surface area contributed by atoms with E-state index in [9.17, 15) is 4.79 Å². The van der Waals surface area contributed by atoms with Crippen molar-refractivity contribution in [1.82, 2.24) is 5.32 Å². The van der Waals surface area contributed by atoms with E-state index in [0.29, 0.717) is 41.8 Å². The predicted molar refractivity (Wildman–Crippen MR) is 75.2 cm³/mol. The first-order valence-corrected chi connectivity index (χ1v) is 6.50. The molecule has 5 nitrogen and oxygen atoms in total. The zero-order valence-electron chi connectivity index (χ0n) is 11.2. The third kappa shape index (κ3) is 4.29.